The smallest absolute Gasteiger partial charge is 0.207 e. The van der Waals surface area contributed by atoms with Gasteiger partial charge in [0.25, 0.3) is 0 Å². The normalized spacial score (nSPS) is 12.4. The van der Waals surface area contributed by atoms with Crippen molar-refractivity contribution < 1.29 is 8.42 Å². The molecule has 0 amide bonds. The fourth-order valence-electron chi connectivity index (χ4n) is 1.84. The molecule has 0 aliphatic heterocycles. The summed E-state index contributed by atoms with van der Waals surface area (Å²) >= 11 is 17.8. The van der Waals surface area contributed by atoms with E-state index in [-0.39, 0.29) is 21.8 Å². The number of alkyl halides is 1. The summed E-state index contributed by atoms with van der Waals surface area (Å²) in [5.74, 6) is 0.107. The fraction of sp³-hybridized carbons (Fsp3) is 0.500. The van der Waals surface area contributed by atoms with Crippen LogP contribution in [0.15, 0.2) is 17.0 Å². The molecule has 0 aromatic heterocycles. The Hall–Kier alpha value is -0.000000000000000111. The molecular weight excluding hydrogens is 329 g/mol. The molecule has 19 heavy (non-hydrogen) atoms. The second kappa shape index (κ2) is 6.64. The molecule has 0 aliphatic rings. The monoisotopic (exact) mass is 343 g/mol. The van der Waals surface area contributed by atoms with Crippen LogP contribution in [0.2, 0.25) is 10.0 Å². The van der Waals surface area contributed by atoms with E-state index in [2.05, 4.69) is 0 Å². The van der Waals surface area contributed by atoms with Crippen LogP contribution in [0.25, 0.3) is 0 Å². The maximum Gasteiger partial charge on any atom is 0.244 e. The summed E-state index contributed by atoms with van der Waals surface area (Å²) in [5, 5.41) is 0.442. The molecule has 0 spiro atoms. The van der Waals surface area contributed by atoms with Crippen LogP contribution in [0.3, 0.4) is 0 Å². The van der Waals surface area contributed by atoms with E-state index in [0.717, 1.165) is 0 Å². The van der Waals surface area contributed by atoms with Crippen LogP contribution in [-0.2, 0) is 15.9 Å². The molecule has 0 aliphatic carbocycles. The fourth-order valence-corrected chi connectivity index (χ4v) is 4.68. The zero-order valence-corrected chi connectivity index (χ0v) is 14.0. The van der Waals surface area contributed by atoms with Crippen LogP contribution < -0.4 is 0 Å². The van der Waals surface area contributed by atoms with E-state index in [1.165, 1.54) is 10.4 Å². The van der Waals surface area contributed by atoms with Gasteiger partial charge in [0.1, 0.15) is 4.90 Å². The van der Waals surface area contributed by atoms with Gasteiger partial charge in [-0.05, 0) is 31.5 Å². The van der Waals surface area contributed by atoms with Gasteiger partial charge in [-0.25, -0.2) is 8.42 Å². The Labute approximate surface area is 129 Å². The van der Waals surface area contributed by atoms with E-state index < -0.39 is 10.0 Å². The van der Waals surface area contributed by atoms with Crippen molar-refractivity contribution in [2.24, 2.45) is 0 Å². The molecule has 0 heterocycles. The molecule has 7 heteroatoms. The highest BCUT2D eigenvalue weighted by Gasteiger charge is 2.29. The van der Waals surface area contributed by atoms with Crippen molar-refractivity contribution in [2.75, 3.05) is 6.54 Å². The van der Waals surface area contributed by atoms with Crippen molar-refractivity contribution in [1.29, 1.82) is 0 Å². The Kier molecular flexibility index (Phi) is 5.96. The number of benzene rings is 1. The van der Waals surface area contributed by atoms with Crippen molar-refractivity contribution in [3.63, 3.8) is 0 Å². The van der Waals surface area contributed by atoms with E-state index in [1.807, 2.05) is 13.8 Å². The highest BCUT2D eigenvalue weighted by atomic mass is 35.5. The molecule has 0 saturated heterocycles. The Balaban J connectivity index is 3.48. The van der Waals surface area contributed by atoms with Gasteiger partial charge in [-0.1, -0.05) is 30.1 Å². The molecule has 0 unspecified atom stereocenters. The van der Waals surface area contributed by atoms with Gasteiger partial charge in [0.15, 0.2) is 0 Å². The van der Waals surface area contributed by atoms with Crippen molar-refractivity contribution in [3.8, 4) is 0 Å². The summed E-state index contributed by atoms with van der Waals surface area (Å²) in [7, 11) is -3.68. The summed E-state index contributed by atoms with van der Waals surface area (Å²) in [5.41, 5.74) is 0.509. The van der Waals surface area contributed by atoms with Crippen LogP contribution in [0.1, 0.15) is 26.3 Å². The minimum Gasteiger partial charge on any atom is -0.207 e. The predicted molar refractivity (Wildman–Crippen MR) is 80.7 cm³/mol. The molecule has 0 radical (unpaired) electrons. The molecule has 1 aromatic carbocycles. The standard InChI is InChI=1S/C12H16Cl3NO2S/c1-4-16(8(2)3)19(17,18)11-6-10(14)5-9(7-13)12(11)15/h5-6,8H,4,7H2,1-3H3. The summed E-state index contributed by atoms with van der Waals surface area (Å²) in [4.78, 5) is 0.00728. The van der Waals surface area contributed by atoms with Gasteiger partial charge in [-0.2, -0.15) is 4.31 Å². The molecule has 1 rings (SSSR count). The lowest BCUT2D eigenvalue weighted by molar-refractivity contribution is 0.369. The van der Waals surface area contributed by atoms with E-state index in [0.29, 0.717) is 17.1 Å². The second-order valence-electron chi connectivity index (χ2n) is 4.31. The first-order valence-electron chi connectivity index (χ1n) is 5.81. The van der Waals surface area contributed by atoms with Crippen LogP contribution in [-0.4, -0.2) is 25.3 Å². The molecule has 108 valence electrons. The maximum atomic E-state index is 12.6. The van der Waals surface area contributed by atoms with Crippen LogP contribution in [0, 0.1) is 0 Å². The average Bonchev–Trinajstić information content (AvgIpc) is 2.31. The number of sulfonamides is 1. The van der Waals surface area contributed by atoms with E-state index >= 15 is 0 Å². The van der Waals surface area contributed by atoms with Gasteiger partial charge in [0, 0.05) is 23.5 Å². The summed E-state index contributed by atoms with van der Waals surface area (Å²) < 4.78 is 26.5. The highest BCUT2D eigenvalue weighted by Crippen LogP contribution is 2.32. The molecule has 0 atom stereocenters. The Morgan fingerprint density at radius 2 is 1.84 bits per heavy atom. The van der Waals surface area contributed by atoms with Gasteiger partial charge < -0.3 is 0 Å². The first kappa shape index (κ1) is 17.1. The maximum absolute atomic E-state index is 12.6. The lowest BCUT2D eigenvalue weighted by atomic mass is 10.2. The summed E-state index contributed by atoms with van der Waals surface area (Å²) in [6, 6.07) is 2.77. The summed E-state index contributed by atoms with van der Waals surface area (Å²) in [6.07, 6.45) is 0. The second-order valence-corrected chi connectivity index (χ2v) is 7.25. The zero-order valence-electron chi connectivity index (χ0n) is 11.0. The Morgan fingerprint density at radius 3 is 2.26 bits per heavy atom. The number of rotatable bonds is 5. The predicted octanol–water partition coefficient (Wildman–Crippen LogP) is 4.15. The largest absolute Gasteiger partial charge is 0.244 e. The van der Waals surface area contributed by atoms with Crippen molar-refractivity contribution in [1.82, 2.24) is 4.31 Å². The topological polar surface area (TPSA) is 37.4 Å². The summed E-state index contributed by atoms with van der Waals surface area (Å²) in [6.45, 7) is 5.75. The van der Waals surface area contributed by atoms with Crippen molar-refractivity contribution >= 4 is 44.8 Å². The lowest BCUT2D eigenvalue weighted by Gasteiger charge is -2.25. The number of hydrogen-bond acceptors (Lipinski definition) is 2. The number of hydrogen-bond donors (Lipinski definition) is 0. The van der Waals surface area contributed by atoms with E-state index in [9.17, 15) is 8.42 Å². The van der Waals surface area contributed by atoms with Gasteiger partial charge in [-0.3, -0.25) is 0 Å². The molecule has 0 saturated carbocycles. The van der Waals surface area contributed by atoms with Crippen LogP contribution in [0.4, 0.5) is 0 Å². The highest BCUT2D eigenvalue weighted by molar-refractivity contribution is 7.89. The van der Waals surface area contributed by atoms with Gasteiger partial charge in [-0.15, -0.1) is 11.6 Å². The number of halogens is 3. The average molecular weight is 345 g/mol. The van der Waals surface area contributed by atoms with Gasteiger partial charge in [0.05, 0.1) is 5.02 Å². The number of nitrogens with zero attached hydrogens (tertiary/aromatic N) is 1. The first-order valence-corrected chi connectivity index (χ1v) is 8.54. The SMILES string of the molecule is CCN(C(C)C)S(=O)(=O)c1cc(Cl)cc(CCl)c1Cl. The molecular formula is C12H16Cl3NO2S. The molecule has 0 N–H and O–H groups in total. The third-order valence-electron chi connectivity index (χ3n) is 2.70. The lowest BCUT2D eigenvalue weighted by Crippen LogP contribution is -2.36. The zero-order chi connectivity index (χ0) is 14.8. The minimum atomic E-state index is -3.68. The van der Waals surface area contributed by atoms with Crippen LogP contribution in [0.5, 0.6) is 0 Å². The minimum absolute atomic E-state index is 0.00728. The Bertz CT molecular complexity index is 558. The van der Waals surface area contributed by atoms with E-state index in [4.69, 9.17) is 34.8 Å². The van der Waals surface area contributed by atoms with Crippen molar-refractivity contribution in [2.45, 2.75) is 37.6 Å². The third-order valence-corrected chi connectivity index (χ3v) is 5.94. The Morgan fingerprint density at radius 1 is 1.26 bits per heavy atom. The van der Waals surface area contributed by atoms with Gasteiger partial charge >= 0.3 is 0 Å². The first-order chi connectivity index (χ1) is 8.75. The van der Waals surface area contributed by atoms with Crippen LogP contribution >= 0.6 is 34.8 Å². The van der Waals surface area contributed by atoms with Gasteiger partial charge in [0.2, 0.25) is 10.0 Å². The van der Waals surface area contributed by atoms with E-state index in [1.54, 1.807) is 13.0 Å². The quantitative estimate of drug-likeness (QED) is 0.752. The molecule has 0 fully saturated rings. The molecule has 0 bridgehead atoms. The third kappa shape index (κ3) is 3.56. The molecule has 1 aromatic rings. The molecule has 3 nitrogen and oxygen atoms in total. The van der Waals surface area contributed by atoms with Crippen molar-refractivity contribution in [3.05, 3.63) is 27.7 Å².